The number of hydrogen-bond acceptors (Lipinski definition) is 2. The average Bonchev–Trinajstić information content (AvgIpc) is 3.01. The fraction of sp³-hybridized carbons (Fsp3) is 0.100. The maximum Gasteiger partial charge on any atom is 0.317 e. The predicted molar refractivity (Wildman–Crippen MR) is 88.6 cm³/mol. The molecule has 0 fully saturated rings. The van der Waals surface area contributed by atoms with Gasteiger partial charge in [0, 0.05) is 22.8 Å². The van der Waals surface area contributed by atoms with E-state index in [9.17, 15) is 0 Å². The largest absolute Gasteiger partial charge is 0.431 e. The summed E-state index contributed by atoms with van der Waals surface area (Å²) >= 11 is 0. The first-order valence-electron chi connectivity index (χ1n) is 7.81. The summed E-state index contributed by atoms with van der Waals surface area (Å²) in [7, 11) is 0. The highest BCUT2D eigenvalue weighted by Gasteiger charge is 2.29. The lowest BCUT2D eigenvalue weighted by Gasteiger charge is -2.15. The van der Waals surface area contributed by atoms with E-state index in [1.807, 2.05) is 35.0 Å². The van der Waals surface area contributed by atoms with Crippen LogP contribution in [0.4, 0.5) is 11.4 Å². The zero-order chi connectivity index (χ0) is 15.2. The van der Waals surface area contributed by atoms with Crippen LogP contribution in [0.3, 0.4) is 0 Å². The Hall–Kier alpha value is -2.94. The van der Waals surface area contributed by atoms with Crippen LogP contribution in [0.15, 0.2) is 71.8 Å². The second-order valence-corrected chi connectivity index (χ2v) is 5.89. The molecule has 1 heterocycles. The minimum atomic E-state index is 0.440. The first-order valence-corrected chi connectivity index (χ1v) is 7.81. The van der Waals surface area contributed by atoms with Crippen molar-refractivity contribution in [2.75, 3.05) is 6.73 Å². The quantitative estimate of drug-likeness (QED) is 0.452. The Morgan fingerprint density at radius 2 is 1.65 bits per heavy atom. The zero-order valence-corrected chi connectivity index (χ0v) is 12.6. The third-order valence-electron chi connectivity index (χ3n) is 4.50. The fourth-order valence-corrected chi connectivity index (χ4v) is 3.42. The molecule has 0 aromatic heterocycles. The molecule has 0 bridgehead atoms. The van der Waals surface area contributed by atoms with E-state index in [-0.39, 0.29) is 0 Å². The summed E-state index contributed by atoms with van der Waals surface area (Å²) in [5.41, 5.74) is 7.13. The Balaban J connectivity index is 1.67. The van der Waals surface area contributed by atoms with Crippen molar-refractivity contribution in [3.63, 3.8) is 0 Å². The highest BCUT2D eigenvalue weighted by Crippen LogP contribution is 2.48. The maximum absolute atomic E-state index is 6.12. The van der Waals surface area contributed by atoms with Gasteiger partial charge in [0.05, 0.1) is 0 Å². The lowest BCUT2D eigenvalue weighted by atomic mass is 10.0. The molecule has 3 nitrogen and oxygen atoms in total. The highest BCUT2D eigenvalue weighted by molar-refractivity contribution is 5.85. The summed E-state index contributed by atoms with van der Waals surface area (Å²) < 4.78 is 8.02. The molecule has 0 unspecified atom stereocenters. The van der Waals surface area contributed by atoms with Crippen molar-refractivity contribution in [1.82, 2.24) is 0 Å². The van der Waals surface area contributed by atoms with Gasteiger partial charge in [-0.05, 0) is 33.9 Å². The van der Waals surface area contributed by atoms with Gasteiger partial charge in [0.15, 0.2) is 11.4 Å². The molecule has 5 rings (SSSR count). The molecule has 0 saturated heterocycles. The fourth-order valence-electron chi connectivity index (χ4n) is 3.42. The monoisotopic (exact) mass is 299 g/mol. The minimum Gasteiger partial charge on any atom is -0.431 e. The van der Waals surface area contributed by atoms with Gasteiger partial charge in [0.1, 0.15) is 0 Å². The third kappa shape index (κ3) is 1.90. The molecule has 0 saturated carbocycles. The van der Waals surface area contributed by atoms with Gasteiger partial charge in [0.2, 0.25) is 5.69 Å². The molecule has 3 aromatic carbocycles. The summed E-state index contributed by atoms with van der Waals surface area (Å²) in [6.07, 6.45) is 0.977. The molecule has 110 valence electrons. The van der Waals surface area contributed by atoms with Gasteiger partial charge < -0.3 is 4.74 Å². The number of hydrogen-bond donors (Lipinski definition) is 0. The van der Waals surface area contributed by atoms with Gasteiger partial charge in [-0.1, -0.05) is 48.5 Å². The predicted octanol–water partition coefficient (Wildman–Crippen LogP) is 5.04. The van der Waals surface area contributed by atoms with Gasteiger partial charge in [0.25, 0.3) is 0 Å². The van der Waals surface area contributed by atoms with E-state index in [1.165, 1.54) is 22.3 Å². The van der Waals surface area contributed by atoms with Crippen LogP contribution in [0.2, 0.25) is 0 Å². The second-order valence-electron chi connectivity index (χ2n) is 5.89. The van der Waals surface area contributed by atoms with Crippen LogP contribution in [0.1, 0.15) is 11.1 Å². The molecule has 23 heavy (non-hydrogen) atoms. The van der Waals surface area contributed by atoms with E-state index in [2.05, 4.69) is 36.4 Å². The molecule has 0 N–H and O–H groups in total. The molecular weight excluding hydrogens is 284 g/mol. The molecule has 0 amide bonds. The Kier molecular flexibility index (Phi) is 2.62. The van der Waals surface area contributed by atoms with Crippen molar-refractivity contribution in [3.05, 3.63) is 77.9 Å². The number of nitrogens with zero attached hydrogens (tertiary/aromatic N) is 2. The van der Waals surface area contributed by atoms with Crippen LogP contribution in [0.25, 0.3) is 11.1 Å². The molecule has 0 radical (unpaired) electrons. The maximum atomic E-state index is 6.12. The van der Waals surface area contributed by atoms with E-state index in [1.54, 1.807) is 0 Å². The van der Waals surface area contributed by atoms with Gasteiger partial charge in [-0.25, -0.2) is 0 Å². The van der Waals surface area contributed by atoms with Crippen molar-refractivity contribution < 1.29 is 9.43 Å². The molecular formula is C20H15N2O+. The Morgan fingerprint density at radius 3 is 2.57 bits per heavy atom. The van der Waals surface area contributed by atoms with Crippen LogP contribution < -0.4 is 4.74 Å². The Bertz CT molecular complexity index is 945. The smallest absolute Gasteiger partial charge is 0.317 e. The number of para-hydroxylation sites is 1. The summed E-state index contributed by atoms with van der Waals surface area (Å²) in [4.78, 5) is 0. The lowest BCUT2D eigenvalue weighted by Crippen LogP contribution is -2.15. The SMILES string of the molecule is c1ccc([N+]2=Nc3ccc4c(c3OC2)-c2ccccc2C4)cc1. The van der Waals surface area contributed by atoms with E-state index in [4.69, 9.17) is 9.85 Å². The Morgan fingerprint density at radius 1 is 0.826 bits per heavy atom. The first-order chi connectivity index (χ1) is 11.4. The summed E-state index contributed by atoms with van der Waals surface area (Å²) in [6.45, 7) is 0.440. The number of benzene rings is 3. The zero-order valence-electron chi connectivity index (χ0n) is 12.6. The number of fused-ring (bicyclic) bond motifs is 5. The van der Waals surface area contributed by atoms with Gasteiger partial charge >= 0.3 is 6.73 Å². The topological polar surface area (TPSA) is 24.6 Å². The molecule has 0 atom stereocenters. The van der Waals surface area contributed by atoms with Crippen molar-refractivity contribution in [2.24, 2.45) is 5.11 Å². The summed E-state index contributed by atoms with van der Waals surface area (Å²) in [6, 6.07) is 22.9. The number of azo groups is 2. The van der Waals surface area contributed by atoms with E-state index in [0.29, 0.717) is 6.73 Å². The Labute approximate surface area is 134 Å². The van der Waals surface area contributed by atoms with Crippen LogP contribution in [-0.2, 0) is 6.42 Å². The lowest BCUT2D eigenvalue weighted by molar-refractivity contribution is -0.544. The molecule has 0 spiro atoms. The highest BCUT2D eigenvalue weighted by atomic mass is 16.5. The third-order valence-corrected chi connectivity index (χ3v) is 4.50. The standard InChI is InChI=1S/C20H15N2O/c1-2-7-16(8-3-1)22-13-23-20-18(21-22)11-10-15-12-14-6-4-5-9-17(14)19(15)20/h1-11H,12-13H2/q+1. The average molecular weight is 299 g/mol. The molecule has 3 aromatic rings. The van der Waals surface area contributed by atoms with E-state index < -0.39 is 0 Å². The molecule has 3 heteroatoms. The van der Waals surface area contributed by atoms with Crippen molar-refractivity contribution in [2.45, 2.75) is 6.42 Å². The minimum absolute atomic E-state index is 0.440. The van der Waals surface area contributed by atoms with Crippen molar-refractivity contribution in [3.8, 4) is 16.9 Å². The molecule has 1 aliphatic heterocycles. The second kappa shape index (κ2) is 4.78. The van der Waals surface area contributed by atoms with Gasteiger partial charge in [-0.15, -0.1) is 0 Å². The van der Waals surface area contributed by atoms with Crippen LogP contribution in [0, 0.1) is 0 Å². The van der Waals surface area contributed by atoms with E-state index in [0.717, 1.165) is 23.5 Å². The van der Waals surface area contributed by atoms with Crippen LogP contribution in [0.5, 0.6) is 5.75 Å². The molecule has 1 aliphatic carbocycles. The summed E-state index contributed by atoms with van der Waals surface area (Å²) in [5.74, 6) is 0.916. The van der Waals surface area contributed by atoms with Gasteiger partial charge in [-0.2, -0.15) is 0 Å². The number of ether oxygens (including phenoxy) is 1. The van der Waals surface area contributed by atoms with Crippen LogP contribution >= 0.6 is 0 Å². The summed E-state index contributed by atoms with van der Waals surface area (Å²) in [5, 5.41) is 4.77. The first kappa shape index (κ1) is 12.6. The number of rotatable bonds is 1. The van der Waals surface area contributed by atoms with E-state index >= 15 is 0 Å². The molecule has 2 aliphatic rings. The van der Waals surface area contributed by atoms with Crippen molar-refractivity contribution in [1.29, 1.82) is 0 Å². The van der Waals surface area contributed by atoms with Gasteiger partial charge in [-0.3, -0.25) is 0 Å². The normalized spacial score (nSPS) is 14.3. The van der Waals surface area contributed by atoms with Crippen LogP contribution in [-0.4, -0.2) is 11.4 Å². The van der Waals surface area contributed by atoms with Crippen molar-refractivity contribution >= 4 is 11.4 Å².